The second-order valence-corrected chi connectivity index (χ2v) is 11.2. The molecule has 37 heavy (non-hydrogen) atoms. The van der Waals surface area contributed by atoms with Crippen LogP contribution in [0, 0.1) is 0 Å². The number of nitrogens with zero attached hydrogens (tertiary/aromatic N) is 1. The molecular formula is C28H21BrNO6P. The molecule has 1 N–H and O–H groups in total. The minimum atomic E-state index is -4.60. The number of halogens is 1. The third kappa shape index (κ3) is 3.92. The zero-order valence-corrected chi connectivity index (χ0v) is 22.2. The maximum atomic E-state index is 13.9. The Balaban J connectivity index is 1.39. The Kier molecular flexibility index (Phi) is 5.81. The number of rotatable bonds is 5. The molecule has 2 heterocycles. The number of fused-ring (bicyclic) bond motifs is 5. The molecule has 2 aliphatic rings. The first-order valence-electron chi connectivity index (χ1n) is 11.7. The molecule has 186 valence electrons. The van der Waals surface area contributed by atoms with Gasteiger partial charge in [-0.15, -0.1) is 0 Å². The molecule has 0 saturated heterocycles. The predicted molar refractivity (Wildman–Crippen MR) is 140 cm³/mol. The van der Waals surface area contributed by atoms with Crippen LogP contribution in [-0.4, -0.2) is 21.0 Å². The van der Waals surface area contributed by atoms with E-state index in [1.165, 1.54) is 18.2 Å². The van der Waals surface area contributed by atoms with Crippen molar-refractivity contribution in [2.75, 3.05) is 0 Å². The minimum absolute atomic E-state index is 0.0496. The summed E-state index contributed by atoms with van der Waals surface area (Å²) in [6.07, 6.45) is 0. The fraction of sp³-hybridized carbons (Fsp3) is 0.143. The van der Waals surface area contributed by atoms with Crippen LogP contribution in [0.5, 0.6) is 5.75 Å². The van der Waals surface area contributed by atoms with Crippen molar-refractivity contribution in [2.45, 2.75) is 26.0 Å². The van der Waals surface area contributed by atoms with Gasteiger partial charge in [-0.25, -0.2) is 4.57 Å². The molecule has 3 aromatic carbocycles. The summed E-state index contributed by atoms with van der Waals surface area (Å²) in [6, 6.07) is 21.4. The molecule has 0 fully saturated rings. The van der Waals surface area contributed by atoms with Gasteiger partial charge in [0, 0.05) is 23.7 Å². The third-order valence-electron chi connectivity index (χ3n) is 6.90. The standard InChI is InChI=1S/C28H21BrNO6P/c1-16-19-11-6-5-10-18(19)14-30-25(16)23-24(28(30)29)27(32)22-20(26(23)31)12-7-13-21(22)36-37(33,34)35-15-17-8-3-2-4-9-17/h2-13,16H,14-15H2,1H3,(H,33,34). The van der Waals surface area contributed by atoms with E-state index in [-0.39, 0.29) is 40.7 Å². The van der Waals surface area contributed by atoms with Crippen LogP contribution in [0.3, 0.4) is 0 Å². The zero-order valence-electron chi connectivity index (χ0n) is 19.7. The zero-order chi connectivity index (χ0) is 25.9. The first-order chi connectivity index (χ1) is 17.8. The molecule has 9 heteroatoms. The van der Waals surface area contributed by atoms with Gasteiger partial charge in [0.15, 0.2) is 5.78 Å². The number of hydrogen-bond donors (Lipinski definition) is 1. The Bertz CT molecular complexity index is 1640. The molecule has 1 aliphatic carbocycles. The molecule has 0 amide bonds. The van der Waals surface area contributed by atoms with E-state index in [1.54, 1.807) is 24.3 Å². The number of carbonyl (C=O) groups excluding carboxylic acids is 2. The fourth-order valence-corrected chi connectivity index (χ4v) is 6.70. The van der Waals surface area contributed by atoms with Crippen molar-refractivity contribution in [3.8, 4) is 5.75 Å². The first-order valence-corrected chi connectivity index (χ1v) is 14.0. The molecule has 1 aromatic heterocycles. The van der Waals surface area contributed by atoms with Crippen LogP contribution in [-0.2, 0) is 22.2 Å². The van der Waals surface area contributed by atoms with Crippen LogP contribution >= 0.6 is 23.8 Å². The number of ketones is 2. The summed E-state index contributed by atoms with van der Waals surface area (Å²) in [6.45, 7) is 2.38. The molecule has 0 radical (unpaired) electrons. The van der Waals surface area contributed by atoms with Gasteiger partial charge in [-0.05, 0) is 38.7 Å². The lowest BCUT2D eigenvalue weighted by atomic mass is 9.81. The number of hydrogen-bond acceptors (Lipinski definition) is 5. The number of phosphoric ester groups is 1. The lowest BCUT2D eigenvalue weighted by Crippen LogP contribution is -2.23. The molecule has 2 atom stereocenters. The summed E-state index contributed by atoms with van der Waals surface area (Å²) in [4.78, 5) is 38.1. The molecular weight excluding hydrogens is 557 g/mol. The highest BCUT2D eigenvalue weighted by atomic mass is 79.9. The fourth-order valence-electron chi connectivity index (χ4n) is 5.24. The first kappa shape index (κ1) is 24.1. The van der Waals surface area contributed by atoms with Gasteiger partial charge in [0.25, 0.3) is 0 Å². The molecule has 6 rings (SSSR count). The monoisotopic (exact) mass is 577 g/mol. The maximum absolute atomic E-state index is 13.9. The highest BCUT2D eigenvalue weighted by molar-refractivity contribution is 9.10. The van der Waals surface area contributed by atoms with Crippen molar-refractivity contribution in [1.82, 2.24) is 4.57 Å². The van der Waals surface area contributed by atoms with Gasteiger partial charge in [-0.2, -0.15) is 0 Å². The Morgan fingerprint density at radius 3 is 2.46 bits per heavy atom. The van der Waals surface area contributed by atoms with Crippen molar-refractivity contribution < 1.29 is 28.1 Å². The molecule has 2 unspecified atom stereocenters. The van der Waals surface area contributed by atoms with Crippen LogP contribution < -0.4 is 4.52 Å². The average molecular weight is 578 g/mol. The SMILES string of the molecule is CC1c2ccccc2Cn2c(Br)c3c(c21)C(=O)c1cccc(OP(=O)(O)OCc2ccccc2)c1C3=O. The van der Waals surface area contributed by atoms with Crippen LogP contribution in [0.25, 0.3) is 0 Å². The third-order valence-corrected chi connectivity index (χ3v) is 8.61. The summed E-state index contributed by atoms with van der Waals surface area (Å²) in [7, 11) is -4.60. The normalized spacial score (nSPS) is 17.3. The molecule has 4 aromatic rings. The molecule has 0 saturated carbocycles. The van der Waals surface area contributed by atoms with Crippen molar-refractivity contribution in [3.05, 3.63) is 122 Å². The van der Waals surface area contributed by atoms with Crippen LogP contribution in [0.1, 0.15) is 67.1 Å². The second-order valence-electron chi connectivity index (χ2n) is 9.09. The summed E-state index contributed by atoms with van der Waals surface area (Å²) in [5.74, 6) is -1.05. The molecule has 7 nitrogen and oxygen atoms in total. The largest absolute Gasteiger partial charge is 0.527 e. The predicted octanol–water partition coefficient (Wildman–Crippen LogP) is 6.24. The van der Waals surface area contributed by atoms with Gasteiger partial charge >= 0.3 is 7.82 Å². The highest BCUT2D eigenvalue weighted by Gasteiger charge is 2.42. The van der Waals surface area contributed by atoms with Gasteiger partial charge in [0.05, 0.1) is 27.9 Å². The lowest BCUT2D eigenvalue weighted by molar-refractivity contribution is 0.0976. The van der Waals surface area contributed by atoms with Gasteiger partial charge < -0.3 is 9.09 Å². The van der Waals surface area contributed by atoms with E-state index in [0.29, 0.717) is 22.3 Å². The highest BCUT2D eigenvalue weighted by Crippen LogP contribution is 2.49. The van der Waals surface area contributed by atoms with Gasteiger partial charge in [0.1, 0.15) is 5.75 Å². The Hall–Kier alpha value is -3.29. The topological polar surface area (TPSA) is 94.8 Å². The van der Waals surface area contributed by atoms with Crippen molar-refractivity contribution in [1.29, 1.82) is 0 Å². The van der Waals surface area contributed by atoms with Crippen LogP contribution in [0.2, 0.25) is 0 Å². The van der Waals surface area contributed by atoms with Crippen molar-refractivity contribution >= 4 is 35.3 Å². The van der Waals surface area contributed by atoms with E-state index in [1.807, 2.05) is 41.8 Å². The average Bonchev–Trinajstić information content (AvgIpc) is 3.19. The number of phosphoric acid groups is 1. The summed E-state index contributed by atoms with van der Waals surface area (Å²) < 4.78 is 25.8. The quantitative estimate of drug-likeness (QED) is 0.249. The number of aromatic nitrogens is 1. The number of carbonyl (C=O) groups is 2. The van der Waals surface area contributed by atoms with Gasteiger partial charge in [-0.3, -0.25) is 19.0 Å². The lowest BCUT2D eigenvalue weighted by Gasteiger charge is -2.27. The van der Waals surface area contributed by atoms with Crippen LogP contribution in [0.4, 0.5) is 0 Å². The Morgan fingerprint density at radius 2 is 1.68 bits per heavy atom. The minimum Gasteiger partial charge on any atom is -0.403 e. The summed E-state index contributed by atoms with van der Waals surface area (Å²) >= 11 is 3.58. The number of benzene rings is 3. The van der Waals surface area contributed by atoms with E-state index >= 15 is 0 Å². The van der Waals surface area contributed by atoms with E-state index in [0.717, 1.165) is 16.8 Å². The van der Waals surface area contributed by atoms with E-state index in [9.17, 15) is 19.0 Å². The maximum Gasteiger partial charge on any atom is 0.527 e. The van der Waals surface area contributed by atoms with Crippen LogP contribution in [0.15, 0.2) is 77.4 Å². The van der Waals surface area contributed by atoms with E-state index in [2.05, 4.69) is 15.9 Å². The van der Waals surface area contributed by atoms with E-state index in [4.69, 9.17) is 9.05 Å². The smallest absolute Gasteiger partial charge is 0.403 e. The summed E-state index contributed by atoms with van der Waals surface area (Å²) in [5, 5.41) is 0. The van der Waals surface area contributed by atoms with E-state index < -0.39 is 13.6 Å². The van der Waals surface area contributed by atoms with Gasteiger partial charge in [-0.1, -0.05) is 73.7 Å². The molecule has 1 aliphatic heterocycles. The second kappa shape index (κ2) is 8.92. The van der Waals surface area contributed by atoms with Gasteiger partial charge in [0.2, 0.25) is 5.78 Å². The Labute approximate surface area is 221 Å². The van der Waals surface area contributed by atoms with Crippen molar-refractivity contribution in [2.24, 2.45) is 0 Å². The molecule has 0 spiro atoms. The Morgan fingerprint density at radius 1 is 0.946 bits per heavy atom. The molecule has 0 bridgehead atoms. The summed E-state index contributed by atoms with van der Waals surface area (Å²) in [5.41, 5.74) is 4.37. The van der Waals surface area contributed by atoms with Crippen molar-refractivity contribution in [3.63, 3.8) is 0 Å².